The smallest absolute Gasteiger partial charge is 0.387 e. The van der Waals surface area contributed by atoms with Crippen molar-refractivity contribution in [2.24, 2.45) is 5.73 Å². The molecule has 0 saturated carbocycles. The summed E-state index contributed by atoms with van der Waals surface area (Å²) < 4.78 is 29.0. The normalized spacial score (nSPS) is 11.8. The molecule has 1 unspecified atom stereocenters. The standard InChI is InChI=1S/C18H18F2N2O3S/c1-11(12-5-4-6-13(9-12)25-18(19)20)22-17(24)14-7-2-3-8-15(14)26-10-16(21)23/h2-9,11,18H,10H2,1H3,(H2,21,23)(H,22,24). The molecule has 2 aromatic carbocycles. The largest absolute Gasteiger partial charge is 0.435 e. The summed E-state index contributed by atoms with van der Waals surface area (Å²) in [6, 6.07) is 12.6. The molecule has 8 heteroatoms. The van der Waals surface area contributed by atoms with Crippen LogP contribution in [0.5, 0.6) is 5.75 Å². The Hall–Kier alpha value is -2.61. The molecule has 0 saturated heterocycles. The molecule has 0 aliphatic heterocycles. The molecule has 3 N–H and O–H groups in total. The molecular weight excluding hydrogens is 362 g/mol. The van der Waals surface area contributed by atoms with Gasteiger partial charge in [0.15, 0.2) is 0 Å². The quantitative estimate of drug-likeness (QED) is 0.688. The highest BCUT2D eigenvalue weighted by atomic mass is 32.2. The number of carbonyl (C=O) groups excluding carboxylic acids is 2. The SMILES string of the molecule is CC(NC(=O)c1ccccc1SCC(N)=O)c1cccc(OC(F)F)c1. The summed E-state index contributed by atoms with van der Waals surface area (Å²) in [7, 11) is 0. The van der Waals surface area contributed by atoms with E-state index in [1.165, 1.54) is 23.9 Å². The first-order valence-corrected chi connectivity index (χ1v) is 8.71. The van der Waals surface area contributed by atoms with Crippen molar-refractivity contribution in [2.75, 3.05) is 5.75 Å². The molecule has 2 aromatic rings. The number of nitrogens with one attached hydrogen (secondary N) is 1. The summed E-state index contributed by atoms with van der Waals surface area (Å²) in [5, 5.41) is 2.81. The third kappa shape index (κ3) is 5.73. The highest BCUT2D eigenvalue weighted by Gasteiger charge is 2.16. The number of amides is 2. The van der Waals surface area contributed by atoms with Crippen LogP contribution in [0.15, 0.2) is 53.4 Å². The Morgan fingerprint density at radius 1 is 1.19 bits per heavy atom. The Kier molecular flexibility index (Phi) is 6.97. The minimum atomic E-state index is -2.91. The Labute approximate surface area is 153 Å². The second kappa shape index (κ2) is 9.19. The Bertz CT molecular complexity index is 787. The van der Waals surface area contributed by atoms with Gasteiger partial charge in [0.1, 0.15) is 5.75 Å². The lowest BCUT2D eigenvalue weighted by molar-refractivity contribution is -0.115. The van der Waals surface area contributed by atoms with Gasteiger partial charge in [-0.1, -0.05) is 24.3 Å². The van der Waals surface area contributed by atoms with Crippen molar-refractivity contribution in [2.45, 2.75) is 24.5 Å². The summed E-state index contributed by atoms with van der Waals surface area (Å²) in [6.45, 7) is -1.18. The summed E-state index contributed by atoms with van der Waals surface area (Å²) in [6.07, 6.45) is 0. The van der Waals surface area contributed by atoms with Crippen LogP contribution >= 0.6 is 11.8 Å². The van der Waals surface area contributed by atoms with Crippen LogP contribution < -0.4 is 15.8 Å². The van der Waals surface area contributed by atoms with Gasteiger partial charge in [0.2, 0.25) is 5.91 Å². The van der Waals surface area contributed by atoms with E-state index in [0.717, 1.165) is 0 Å². The zero-order valence-electron chi connectivity index (χ0n) is 13.9. The topological polar surface area (TPSA) is 81.4 Å². The molecule has 1 atom stereocenters. The Morgan fingerprint density at radius 2 is 1.92 bits per heavy atom. The molecule has 5 nitrogen and oxygen atoms in total. The van der Waals surface area contributed by atoms with Crippen LogP contribution in [-0.4, -0.2) is 24.2 Å². The second-order valence-corrected chi connectivity index (χ2v) is 6.41. The molecule has 138 valence electrons. The summed E-state index contributed by atoms with van der Waals surface area (Å²) in [5.41, 5.74) is 6.18. The van der Waals surface area contributed by atoms with Crippen molar-refractivity contribution in [3.8, 4) is 5.75 Å². The van der Waals surface area contributed by atoms with E-state index in [-0.39, 0.29) is 17.4 Å². The van der Waals surface area contributed by atoms with Crippen LogP contribution in [0.25, 0.3) is 0 Å². The van der Waals surface area contributed by atoms with E-state index >= 15 is 0 Å². The van der Waals surface area contributed by atoms with Crippen LogP contribution in [0.4, 0.5) is 8.78 Å². The lowest BCUT2D eigenvalue weighted by atomic mass is 10.1. The van der Waals surface area contributed by atoms with Crippen molar-refractivity contribution in [3.63, 3.8) is 0 Å². The van der Waals surface area contributed by atoms with Crippen LogP contribution in [-0.2, 0) is 4.79 Å². The van der Waals surface area contributed by atoms with E-state index in [2.05, 4.69) is 10.1 Å². The number of thioether (sulfide) groups is 1. The Balaban J connectivity index is 2.11. The predicted molar refractivity (Wildman–Crippen MR) is 95.3 cm³/mol. The van der Waals surface area contributed by atoms with Gasteiger partial charge in [-0.2, -0.15) is 8.78 Å². The summed E-state index contributed by atoms with van der Waals surface area (Å²) >= 11 is 1.18. The third-order valence-electron chi connectivity index (χ3n) is 3.43. The highest BCUT2D eigenvalue weighted by molar-refractivity contribution is 8.00. The van der Waals surface area contributed by atoms with Crippen molar-refractivity contribution in [3.05, 3.63) is 59.7 Å². The van der Waals surface area contributed by atoms with Gasteiger partial charge < -0.3 is 15.8 Å². The van der Waals surface area contributed by atoms with Gasteiger partial charge in [-0.05, 0) is 36.8 Å². The maximum Gasteiger partial charge on any atom is 0.387 e. The van der Waals surface area contributed by atoms with E-state index < -0.39 is 18.6 Å². The first-order valence-electron chi connectivity index (χ1n) is 7.72. The van der Waals surface area contributed by atoms with Crippen molar-refractivity contribution in [1.29, 1.82) is 0 Å². The molecular formula is C18H18F2N2O3S. The number of primary amides is 1. The van der Waals surface area contributed by atoms with Crippen molar-refractivity contribution < 1.29 is 23.1 Å². The van der Waals surface area contributed by atoms with Crippen LogP contribution in [0.1, 0.15) is 28.9 Å². The zero-order valence-corrected chi connectivity index (χ0v) is 14.8. The average molecular weight is 380 g/mol. The Morgan fingerprint density at radius 3 is 2.62 bits per heavy atom. The van der Waals surface area contributed by atoms with Gasteiger partial charge in [-0.15, -0.1) is 11.8 Å². The van der Waals surface area contributed by atoms with E-state index in [1.54, 1.807) is 43.3 Å². The van der Waals surface area contributed by atoms with Crippen LogP contribution in [0.2, 0.25) is 0 Å². The first kappa shape index (κ1) is 19.7. The van der Waals surface area contributed by atoms with Gasteiger partial charge in [0.25, 0.3) is 5.91 Å². The third-order valence-corrected chi connectivity index (χ3v) is 4.53. The second-order valence-electron chi connectivity index (χ2n) is 5.40. The first-order chi connectivity index (χ1) is 12.4. The van der Waals surface area contributed by atoms with Gasteiger partial charge >= 0.3 is 6.61 Å². The molecule has 2 amide bonds. The number of nitrogens with two attached hydrogens (primary N) is 1. The van der Waals surface area contributed by atoms with E-state index in [0.29, 0.717) is 16.0 Å². The van der Waals surface area contributed by atoms with Crippen LogP contribution in [0.3, 0.4) is 0 Å². The lowest BCUT2D eigenvalue weighted by Gasteiger charge is -2.17. The lowest BCUT2D eigenvalue weighted by Crippen LogP contribution is -2.27. The fraction of sp³-hybridized carbons (Fsp3) is 0.222. The maximum absolute atomic E-state index is 12.6. The van der Waals surface area contributed by atoms with Gasteiger partial charge in [-0.25, -0.2) is 0 Å². The van der Waals surface area contributed by atoms with Crippen molar-refractivity contribution in [1.82, 2.24) is 5.32 Å². The van der Waals surface area contributed by atoms with Gasteiger partial charge in [0.05, 0.1) is 17.4 Å². The molecule has 0 heterocycles. The molecule has 0 radical (unpaired) electrons. The maximum atomic E-state index is 12.6. The predicted octanol–water partition coefficient (Wildman–Crippen LogP) is 3.36. The molecule has 0 fully saturated rings. The van der Waals surface area contributed by atoms with Gasteiger partial charge in [-0.3, -0.25) is 9.59 Å². The molecule has 0 aliphatic rings. The minimum Gasteiger partial charge on any atom is -0.435 e. The van der Waals surface area contributed by atoms with Crippen molar-refractivity contribution >= 4 is 23.6 Å². The minimum absolute atomic E-state index is 0.0241. The number of ether oxygens (including phenoxy) is 1. The molecule has 0 spiro atoms. The molecule has 0 aliphatic carbocycles. The number of alkyl halides is 2. The van der Waals surface area contributed by atoms with Gasteiger partial charge in [0, 0.05) is 4.90 Å². The number of hydrogen-bond acceptors (Lipinski definition) is 4. The summed E-state index contributed by atoms with van der Waals surface area (Å²) in [5.74, 6) is -0.733. The number of halogens is 2. The molecule has 0 aromatic heterocycles. The zero-order chi connectivity index (χ0) is 19.1. The van der Waals surface area contributed by atoms with Crippen LogP contribution in [0, 0.1) is 0 Å². The number of hydrogen-bond donors (Lipinski definition) is 2. The van der Waals surface area contributed by atoms with E-state index in [9.17, 15) is 18.4 Å². The van der Waals surface area contributed by atoms with E-state index in [4.69, 9.17) is 5.73 Å². The average Bonchev–Trinajstić information content (AvgIpc) is 2.59. The monoisotopic (exact) mass is 380 g/mol. The number of rotatable bonds is 8. The fourth-order valence-electron chi connectivity index (χ4n) is 2.25. The molecule has 2 rings (SSSR count). The summed E-state index contributed by atoms with van der Waals surface area (Å²) in [4.78, 5) is 24.2. The fourth-order valence-corrected chi connectivity index (χ4v) is 3.04. The van der Waals surface area contributed by atoms with E-state index in [1.807, 2.05) is 0 Å². The number of carbonyl (C=O) groups is 2. The molecule has 26 heavy (non-hydrogen) atoms. The number of benzene rings is 2. The highest BCUT2D eigenvalue weighted by Crippen LogP contribution is 2.24. The molecule has 0 bridgehead atoms.